The van der Waals surface area contributed by atoms with Crippen molar-refractivity contribution in [3.63, 3.8) is 0 Å². The van der Waals surface area contributed by atoms with E-state index in [4.69, 9.17) is 21.1 Å². The van der Waals surface area contributed by atoms with Crippen molar-refractivity contribution in [1.82, 2.24) is 20.4 Å². The van der Waals surface area contributed by atoms with Gasteiger partial charge in [0, 0.05) is 18.1 Å². The van der Waals surface area contributed by atoms with Gasteiger partial charge in [-0.15, -0.1) is 6.58 Å². The number of benzene rings is 2. The number of carbonyl (C=O) groups excluding carboxylic acids is 3. The van der Waals surface area contributed by atoms with E-state index in [0.717, 1.165) is 5.56 Å². The van der Waals surface area contributed by atoms with E-state index < -0.39 is 6.04 Å². The van der Waals surface area contributed by atoms with E-state index in [9.17, 15) is 14.4 Å². The summed E-state index contributed by atoms with van der Waals surface area (Å²) in [5, 5.41) is 6.26. The van der Waals surface area contributed by atoms with Crippen LogP contribution in [0.4, 0.5) is 4.79 Å². The summed E-state index contributed by atoms with van der Waals surface area (Å²) in [7, 11) is 3.14. The third kappa shape index (κ3) is 5.56. The SMILES string of the molecule is C=CCN1C(=O)N[C@@H](c2cccc(Cl)c2)C2=C1CN(CC(=O)NCCc1ccc(OC)c(OC)c1)C2=O. The fourth-order valence-electron chi connectivity index (χ4n) is 4.55. The molecule has 194 valence electrons. The zero-order valence-electron chi connectivity index (χ0n) is 20.8. The first-order valence-electron chi connectivity index (χ1n) is 11.8. The van der Waals surface area contributed by atoms with Gasteiger partial charge in [0.1, 0.15) is 6.54 Å². The molecule has 0 bridgehead atoms. The Balaban J connectivity index is 1.43. The van der Waals surface area contributed by atoms with Gasteiger partial charge in [0.2, 0.25) is 5.91 Å². The van der Waals surface area contributed by atoms with Gasteiger partial charge >= 0.3 is 6.03 Å². The molecule has 1 atom stereocenters. The minimum atomic E-state index is -0.659. The maximum Gasteiger partial charge on any atom is 0.322 e. The van der Waals surface area contributed by atoms with Gasteiger partial charge in [0.25, 0.3) is 5.91 Å². The van der Waals surface area contributed by atoms with Crippen LogP contribution in [0.1, 0.15) is 17.2 Å². The van der Waals surface area contributed by atoms with Gasteiger partial charge in [-0.3, -0.25) is 14.5 Å². The smallest absolute Gasteiger partial charge is 0.322 e. The van der Waals surface area contributed by atoms with E-state index in [-0.39, 0.29) is 37.5 Å². The highest BCUT2D eigenvalue weighted by atomic mass is 35.5. The van der Waals surface area contributed by atoms with Crippen LogP contribution in [0, 0.1) is 0 Å². The predicted molar refractivity (Wildman–Crippen MR) is 139 cm³/mol. The standard InChI is InChI=1S/C27H29ClN4O5/c1-4-12-32-20-15-31(16-23(33)29-11-10-17-8-9-21(36-2)22(13-17)37-3)26(34)24(20)25(30-27(32)35)18-6-5-7-19(28)14-18/h4-9,13-14,25H,1,10-12,15-16H2,2-3H3,(H,29,33)(H,30,35)/t25-/m0/s1. The summed E-state index contributed by atoms with van der Waals surface area (Å²) < 4.78 is 10.6. The van der Waals surface area contributed by atoms with Crippen LogP contribution in [-0.4, -0.2) is 68.0 Å². The number of urea groups is 1. The van der Waals surface area contributed by atoms with Gasteiger partial charge < -0.3 is 25.0 Å². The molecular formula is C27H29ClN4O5. The average molecular weight is 525 g/mol. The molecule has 2 aliphatic rings. The molecule has 2 N–H and O–H groups in total. The van der Waals surface area contributed by atoms with Crippen LogP contribution in [-0.2, 0) is 16.0 Å². The van der Waals surface area contributed by atoms with Crippen molar-refractivity contribution in [1.29, 1.82) is 0 Å². The quantitative estimate of drug-likeness (QED) is 0.465. The third-order valence-electron chi connectivity index (χ3n) is 6.31. The fraction of sp³-hybridized carbons (Fsp3) is 0.296. The summed E-state index contributed by atoms with van der Waals surface area (Å²) in [4.78, 5) is 42.0. The van der Waals surface area contributed by atoms with Crippen molar-refractivity contribution in [3.05, 3.63) is 82.5 Å². The maximum absolute atomic E-state index is 13.5. The molecule has 0 saturated heterocycles. The van der Waals surface area contributed by atoms with Crippen LogP contribution in [0.25, 0.3) is 0 Å². The zero-order chi connectivity index (χ0) is 26.5. The Morgan fingerprint density at radius 2 is 1.97 bits per heavy atom. The lowest BCUT2D eigenvalue weighted by Gasteiger charge is -2.33. The minimum absolute atomic E-state index is 0.129. The summed E-state index contributed by atoms with van der Waals surface area (Å²) in [6.07, 6.45) is 2.18. The largest absolute Gasteiger partial charge is 0.493 e. The second kappa shape index (κ2) is 11.4. The van der Waals surface area contributed by atoms with Crippen LogP contribution >= 0.6 is 11.6 Å². The Morgan fingerprint density at radius 1 is 1.19 bits per heavy atom. The molecule has 0 aliphatic carbocycles. The molecule has 2 aliphatic heterocycles. The molecule has 0 aromatic heterocycles. The Hall–Kier alpha value is -3.98. The number of hydrogen-bond acceptors (Lipinski definition) is 5. The number of methoxy groups -OCH3 is 2. The number of amides is 4. The van der Waals surface area contributed by atoms with Crippen LogP contribution in [0.5, 0.6) is 11.5 Å². The number of hydrogen-bond donors (Lipinski definition) is 2. The number of carbonyl (C=O) groups is 3. The van der Waals surface area contributed by atoms with Crippen molar-refractivity contribution in [2.45, 2.75) is 12.5 Å². The second-order valence-electron chi connectivity index (χ2n) is 8.65. The second-order valence-corrected chi connectivity index (χ2v) is 9.08. The monoisotopic (exact) mass is 524 g/mol. The molecule has 0 saturated carbocycles. The molecule has 37 heavy (non-hydrogen) atoms. The first kappa shape index (κ1) is 26.1. The van der Waals surface area contributed by atoms with Crippen molar-refractivity contribution >= 4 is 29.4 Å². The molecule has 0 unspecified atom stereocenters. The van der Waals surface area contributed by atoms with Crippen molar-refractivity contribution in [3.8, 4) is 11.5 Å². The number of ether oxygens (including phenoxy) is 2. The van der Waals surface area contributed by atoms with Crippen LogP contribution in [0.2, 0.25) is 5.02 Å². The molecule has 0 spiro atoms. The molecule has 2 aromatic carbocycles. The van der Waals surface area contributed by atoms with Gasteiger partial charge in [0.05, 0.1) is 38.1 Å². The number of rotatable bonds is 10. The highest BCUT2D eigenvalue weighted by molar-refractivity contribution is 6.30. The van der Waals surface area contributed by atoms with E-state index in [1.54, 1.807) is 44.6 Å². The lowest BCUT2D eigenvalue weighted by Crippen LogP contribution is -2.47. The average Bonchev–Trinajstić information content (AvgIpc) is 3.20. The number of nitrogens with zero attached hydrogens (tertiary/aromatic N) is 2. The van der Waals surface area contributed by atoms with E-state index in [1.807, 2.05) is 18.2 Å². The Kier molecular flexibility index (Phi) is 8.03. The minimum Gasteiger partial charge on any atom is -0.493 e. The topological polar surface area (TPSA) is 100 Å². The molecule has 9 nitrogen and oxygen atoms in total. The molecule has 2 heterocycles. The summed E-state index contributed by atoms with van der Waals surface area (Å²) in [6, 6.07) is 11.6. The van der Waals surface area contributed by atoms with Gasteiger partial charge in [-0.25, -0.2) is 4.79 Å². The summed E-state index contributed by atoms with van der Waals surface area (Å²) in [5.41, 5.74) is 2.67. The molecule has 10 heteroatoms. The predicted octanol–water partition coefficient (Wildman–Crippen LogP) is 3.06. The molecule has 2 aromatic rings. The molecular weight excluding hydrogens is 496 g/mol. The van der Waals surface area contributed by atoms with Gasteiger partial charge in [-0.05, 0) is 41.8 Å². The first-order chi connectivity index (χ1) is 17.9. The van der Waals surface area contributed by atoms with E-state index in [1.165, 1.54) is 9.80 Å². The van der Waals surface area contributed by atoms with Crippen LogP contribution in [0.3, 0.4) is 0 Å². The maximum atomic E-state index is 13.5. The Labute approximate surface area is 220 Å². The van der Waals surface area contributed by atoms with Crippen LogP contribution in [0.15, 0.2) is 66.4 Å². The zero-order valence-corrected chi connectivity index (χ0v) is 21.5. The van der Waals surface area contributed by atoms with Crippen molar-refractivity contribution < 1.29 is 23.9 Å². The van der Waals surface area contributed by atoms with Gasteiger partial charge in [0.15, 0.2) is 11.5 Å². The molecule has 0 radical (unpaired) electrons. The van der Waals surface area contributed by atoms with E-state index in [0.29, 0.717) is 46.3 Å². The number of halogens is 1. The van der Waals surface area contributed by atoms with Gasteiger partial charge in [-0.2, -0.15) is 0 Å². The Bertz CT molecular complexity index is 1260. The summed E-state index contributed by atoms with van der Waals surface area (Å²) in [6.45, 7) is 4.37. The number of nitrogens with one attached hydrogen (secondary N) is 2. The highest BCUT2D eigenvalue weighted by Gasteiger charge is 2.44. The lowest BCUT2D eigenvalue weighted by atomic mass is 9.95. The van der Waals surface area contributed by atoms with Crippen molar-refractivity contribution in [2.75, 3.05) is 40.4 Å². The fourth-order valence-corrected chi connectivity index (χ4v) is 4.74. The summed E-state index contributed by atoms with van der Waals surface area (Å²) >= 11 is 6.17. The lowest BCUT2D eigenvalue weighted by molar-refractivity contribution is -0.131. The van der Waals surface area contributed by atoms with Crippen LogP contribution < -0.4 is 20.1 Å². The first-order valence-corrected chi connectivity index (χ1v) is 12.2. The molecule has 4 rings (SSSR count). The summed E-state index contributed by atoms with van der Waals surface area (Å²) in [5.74, 6) is 0.660. The van der Waals surface area contributed by atoms with E-state index >= 15 is 0 Å². The van der Waals surface area contributed by atoms with E-state index in [2.05, 4.69) is 17.2 Å². The highest BCUT2D eigenvalue weighted by Crippen LogP contribution is 2.36. The van der Waals surface area contributed by atoms with Crippen molar-refractivity contribution in [2.24, 2.45) is 0 Å². The normalized spacial score (nSPS) is 16.9. The molecule has 4 amide bonds. The molecule has 0 fully saturated rings. The third-order valence-corrected chi connectivity index (χ3v) is 6.54. The van der Waals surface area contributed by atoms with Gasteiger partial charge in [-0.1, -0.05) is 35.9 Å². The Morgan fingerprint density at radius 3 is 2.68 bits per heavy atom.